The first-order valence-corrected chi connectivity index (χ1v) is 27.4. The van der Waals surface area contributed by atoms with E-state index in [4.69, 9.17) is 21.5 Å². The van der Waals surface area contributed by atoms with Gasteiger partial charge in [0, 0.05) is 63.0 Å². The first-order valence-electron chi connectivity index (χ1n) is 26.6. The van der Waals surface area contributed by atoms with Crippen LogP contribution in [0.4, 0.5) is 128 Å². The van der Waals surface area contributed by atoms with Crippen molar-refractivity contribution in [2.45, 2.75) is 31.2 Å². The fourth-order valence-electron chi connectivity index (χ4n) is 8.40. The van der Waals surface area contributed by atoms with Crippen LogP contribution in [-0.2, 0) is 59.4 Å². The van der Waals surface area contributed by atoms with Gasteiger partial charge in [0.25, 0.3) is 5.91 Å². The minimum Gasteiger partial charge on any atom is -0.422 e. The molecule has 0 atom stereocenters. The number of nitrogens with two attached hydrogens (primary N) is 2. The molecule has 0 fully saturated rings. The third-order valence-electron chi connectivity index (χ3n) is 12.9. The first kappa shape index (κ1) is 77.8. The third kappa shape index (κ3) is 19.3. The van der Waals surface area contributed by atoms with Gasteiger partial charge in [-0.1, -0.05) is 12.1 Å². The Balaban J connectivity index is 0.000000205. The highest BCUT2D eigenvalue weighted by Crippen LogP contribution is 2.38. The molecule has 0 saturated carbocycles. The highest BCUT2D eigenvalue weighted by atomic mass is 79.9. The Morgan fingerprint density at radius 1 is 0.434 bits per heavy atom. The van der Waals surface area contributed by atoms with Crippen LogP contribution in [0.15, 0.2) is 114 Å². The van der Waals surface area contributed by atoms with Crippen LogP contribution in [0.3, 0.4) is 0 Å². The van der Waals surface area contributed by atoms with Gasteiger partial charge in [0.15, 0.2) is 22.8 Å². The van der Waals surface area contributed by atoms with E-state index in [1.165, 1.54) is 20.2 Å². The number of amides is 1. The van der Waals surface area contributed by atoms with Gasteiger partial charge in [0.1, 0.15) is 75.4 Å². The van der Waals surface area contributed by atoms with Crippen molar-refractivity contribution in [1.29, 1.82) is 0 Å². The molecule has 0 aliphatic heterocycles. The van der Waals surface area contributed by atoms with Crippen LogP contribution >= 0.6 is 15.9 Å². The molecule has 6 aromatic carbocycles. The van der Waals surface area contributed by atoms with Crippen LogP contribution in [0.1, 0.15) is 38.7 Å². The lowest BCUT2D eigenvalue weighted by Crippen LogP contribution is -2.35. The average molecular weight is 1500 g/mol. The SMILES string of the molecule is Cn1nc(C(F)(F)F)cc1-c1c(F)cc(N)cc1F.Cn1nc(C(F)(F)F)cc1-c1c(F)cc(NC(=O)c2c(F)cccc2F)cc1F.Cn1nc(C(F)(F)F)cc1-c1c(F)cc(NCc2c(F)cccc2F)cc1F.Cn1nc(C(F)(F)F)cc1B(O)O.Nc1cc(F)c(Br)c(F)c1. The number of alkyl halides is 12. The van der Waals surface area contributed by atoms with Crippen molar-refractivity contribution in [3.8, 4) is 33.8 Å². The van der Waals surface area contributed by atoms with Crippen LogP contribution in [0.5, 0.6) is 0 Å². The largest absolute Gasteiger partial charge is 0.507 e. The highest BCUT2D eigenvalue weighted by Gasteiger charge is 2.39. The molecule has 0 aliphatic rings. The zero-order valence-electron chi connectivity index (χ0n) is 49.7. The summed E-state index contributed by atoms with van der Waals surface area (Å²) >= 11 is 2.71. The van der Waals surface area contributed by atoms with Crippen molar-refractivity contribution in [3.05, 3.63) is 217 Å². The van der Waals surface area contributed by atoms with Crippen molar-refractivity contribution in [3.63, 3.8) is 0 Å². The molecule has 0 radical (unpaired) electrons. The maximum Gasteiger partial charge on any atom is 0.507 e. The molecule has 0 aliphatic carbocycles. The first-order chi connectivity index (χ1) is 45.7. The number of hydrogen-bond donors (Lipinski definition) is 6. The van der Waals surface area contributed by atoms with Crippen LogP contribution in [0.25, 0.3) is 33.8 Å². The number of aromatic nitrogens is 8. The molecule has 41 heteroatoms. The number of anilines is 4. The second-order valence-electron chi connectivity index (χ2n) is 20.0. The van der Waals surface area contributed by atoms with Crippen LogP contribution in [-0.4, -0.2) is 62.2 Å². The summed E-state index contributed by atoms with van der Waals surface area (Å²) in [6.07, 6.45) is -18.8. The van der Waals surface area contributed by atoms with Crippen molar-refractivity contribution >= 4 is 57.3 Å². The van der Waals surface area contributed by atoms with E-state index in [2.05, 4.69) is 41.6 Å². The van der Waals surface area contributed by atoms with Crippen molar-refractivity contribution in [1.82, 2.24) is 39.1 Å². The molecule has 1 amide bonds. The van der Waals surface area contributed by atoms with Gasteiger partial charge in [-0.2, -0.15) is 73.1 Å². The number of carbonyl (C=O) groups excluding carboxylic acids is 1. The minimum atomic E-state index is -4.82. The Bertz CT molecular complexity index is 4450. The Labute approximate surface area is 547 Å². The molecule has 0 saturated heterocycles. The molecule has 4 aromatic heterocycles. The number of halogens is 25. The number of carbonyl (C=O) groups is 1. The monoisotopic (exact) mass is 1500 g/mol. The maximum atomic E-state index is 14.4. The zero-order valence-corrected chi connectivity index (χ0v) is 51.2. The molecule has 99 heavy (non-hydrogen) atoms. The Morgan fingerprint density at radius 2 is 0.727 bits per heavy atom. The average Bonchev–Trinajstić information content (AvgIpc) is 1.71. The van der Waals surface area contributed by atoms with E-state index < -0.39 is 170 Å². The quantitative estimate of drug-likeness (QED) is 0.0349. The van der Waals surface area contributed by atoms with Crippen molar-refractivity contribution < 1.29 is 120 Å². The summed E-state index contributed by atoms with van der Waals surface area (Å²) < 4.78 is 317. The summed E-state index contributed by atoms with van der Waals surface area (Å²) in [6.45, 7) is -0.388. The van der Waals surface area contributed by atoms with Gasteiger partial charge in [-0.3, -0.25) is 23.5 Å². The fourth-order valence-corrected chi connectivity index (χ4v) is 8.63. The Hall–Kier alpha value is -10.2. The van der Waals surface area contributed by atoms with E-state index >= 15 is 0 Å². The molecule has 15 nitrogen and oxygen atoms in total. The Morgan fingerprint density at radius 3 is 1.03 bits per heavy atom. The van der Waals surface area contributed by atoms with E-state index in [0.29, 0.717) is 45.8 Å². The molecule has 0 unspecified atom stereocenters. The summed E-state index contributed by atoms with van der Waals surface area (Å²) in [5, 5.41) is 34.3. The van der Waals surface area contributed by atoms with Gasteiger partial charge in [-0.25, -0.2) is 52.7 Å². The molecule has 0 bridgehead atoms. The summed E-state index contributed by atoms with van der Waals surface area (Å²) in [5.41, 5.74) is -0.256. The number of nitrogens with zero attached hydrogens (tertiary/aromatic N) is 8. The normalized spacial score (nSPS) is 11.5. The van der Waals surface area contributed by atoms with Gasteiger partial charge in [-0.15, -0.1) is 0 Å². The van der Waals surface area contributed by atoms with Crippen molar-refractivity contribution in [2.24, 2.45) is 28.2 Å². The second kappa shape index (κ2) is 30.7. The molecule has 10 rings (SSSR count). The third-order valence-corrected chi connectivity index (χ3v) is 13.6. The lowest BCUT2D eigenvalue weighted by molar-refractivity contribution is -0.142. The van der Waals surface area contributed by atoms with E-state index in [1.807, 2.05) is 5.32 Å². The summed E-state index contributed by atoms with van der Waals surface area (Å²) in [6, 6.07) is 14.7. The van der Waals surface area contributed by atoms with Gasteiger partial charge in [0.2, 0.25) is 0 Å². The van der Waals surface area contributed by atoms with Gasteiger partial charge in [-0.05, 0) is 113 Å². The van der Waals surface area contributed by atoms with Crippen LogP contribution in [0, 0.1) is 69.8 Å². The van der Waals surface area contributed by atoms with E-state index in [0.717, 1.165) is 90.2 Å². The van der Waals surface area contributed by atoms with Gasteiger partial charge < -0.3 is 32.1 Å². The summed E-state index contributed by atoms with van der Waals surface area (Å²) in [5.74, 6) is -13.7. The Kier molecular flexibility index (Phi) is 24.1. The number of hydrogen-bond acceptors (Lipinski definition) is 10. The summed E-state index contributed by atoms with van der Waals surface area (Å²) in [7, 11) is 2.61. The van der Waals surface area contributed by atoms with Gasteiger partial charge >= 0.3 is 31.8 Å². The smallest absolute Gasteiger partial charge is 0.422 e. The predicted molar refractivity (Wildman–Crippen MR) is 310 cm³/mol. The molecular weight excluding hydrogens is 1460 g/mol. The molecule has 528 valence electrons. The molecule has 0 spiro atoms. The predicted octanol–water partition coefficient (Wildman–Crippen LogP) is 14.6. The maximum absolute atomic E-state index is 14.4. The van der Waals surface area contributed by atoms with Crippen molar-refractivity contribution in [2.75, 3.05) is 22.1 Å². The van der Waals surface area contributed by atoms with E-state index in [9.17, 15) is 110 Å². The van der Waals surface area contributed by atoms with Gasteiger partial charge in [0.05, 0.1) is 43.8 Å². The fraction of sp³-hybridized carbons (Fsp3) is 0.155. The standard InChI is InChI=1S/C18H10F7N3O.C18H12F7N3.C11H8F5N3.C6H4BrF2N.C5H6BF3N2O2/c1-28-13(7-14(27-28)18(23,24)25)15-11(21)5-8(6-12(15)22)26-17(29)16-9(19)3-2-4-10(16)20;1-28-15(7-16(27-28)18(23,24)25)17-13(21)5-9(6-14(17)22)26-8-10-11(19)3-2-4-12(10)20;1-19-8(4-9(18-19)11(14,15)16)10-6(12)2-5(17)3-7(10)13;7-6-4(8)1-3(10)2-5(6)9;1-11-4(6(12)13)2-3(10-11)5(7,8)9/h2-7H,1H3,(H,26,29);2-7,26H,8H2,1H3;2-4H,17H2,1H3;1-2H,10H2;2,12-13H,1H3. The highest BCUT2D eigenvalue weighted by molar-refractivity contribution is 9.10. The topological polar surface area (TPSA) is 205 Å². The number of aryl methyl sites for hydroxylation is 4. The zero-order chi connectivity index (χ0) is 74.5. The lowest BCUT2D eigenvalue weighted by atomic mass is 9.86. The number of benzene rings is 6. The lowest BCUT2D eigenvalue weighted by Gasteiger charge is -2.11. The van der Waals surface area contributed by atoms with E-state index in [1.54, 1.807) is 0 Å². The molecule has 8 N–H and O–H groups in total. The second-order valence-corrected chi connectivity index (χ2v) is 20.7. The van der Waals surface area contributed by atoms with Crippen LogP contribution < -0.4 is 27.7 Å². The molecule has 10 aromatic rings. The number of nitrogens with one attached hydrogen (secondary N) is 2. The van der Waals surface area contributed by atoms with Crippen LogP contribution in [0.2, 0.25) is 0 Å². The number of nitrogen functional groups attached to an aromatic ring is 2. The summed E-state index contributed by atoms with van der Waals surface area (Å²) in [4.78, 5) is 12.0. The number of rotatable bonds is 9. The molecular formula is C58H40BBrF24N12O3. The van der Waals surface area contributed by atoms with E-state index in [-0.39, 0.29) is 44.9 Å². The molecule has 4 heterocycles. The minimum absolute atomic E-state index is 0.0817.